The van der Waals surface area contributed by atoms with E-state index in [4.69, 9.17) is 4.74 Å². The summed E-state index contributed by atoms with van der Waals surface area (Å²) in [5.41, 5.74) is 3.30. The predicted octanol–water partition coefficient (Wildman–Crippen LogP) is 3.54. The maximum absolute atomic E-state index is 5.83. The van der Waals surface area contributed by atoms with Crippen LogP contribution in [0.1, 0.15) is 45.2 Å². The third kappa shape index (κ3) is 3.24. The molecule has 0 amide bonds. The lowest BCUT2D eigenvalue weighted by molar-refractivity contribution is 0.0640. The highest BCUT2D eigenvalue weighted by Crippen LogP contribution is 2.38. The Balaban J connectivity index is 2.15. The molecule has 1 heterocycles. The van der Waals surface area contributed by atoms with E-state index in [1.165, 1.54) is 11.1 Å². The van der Waals surface area contributed by atoms with Gasteiger partial charge in [-0.2, -0.15) is 0 Å². The van der Waals surface area contributed by atoms with Gasteiger partial charge >= 0.3 is 0 Å². The topological polar surface area (TPSA) is 21.3 Å². The number of rotatable bonds is 4. The molecule has 2 nitrogen and oxygen atoms in total. The molecule has 1 fully saturated rings. The Kier molecular flexibility index (Phi) is 4.55. The number of hydrogen-bond donors (Lipinski definition) is 1. The fraction of sp³-hybridized carbons (Fsp3) is 0.667. The number of ether oxygens (including phenoxy) is 1. The van der Waals surface area contributed by atoms with Crippen molar-refractivity contribution in [2.75, 3.05) is 20.2 Å². The second-order valence-electron chi connectivity index (χ2n) is 7.28. The zero-order chi connectivity index (χ0) is 14.8. The number of nitrogens with one attached hydrogen (secondary N) is 1. The largest absolute Gasteiger partial charge is 0.378 e. The van der Waals surface area contributed by atoms with Gasteiger partial charge in [-0.1, -0.05) is 45.0 Å². The molecule has 2 unspecified atom stereocenters. The van der Waals surface area contributed by atoms with Crippen molar-refractivity contribution in [3.63, 3.8) is 0 Å². The molecule has 2 rings (SSSR count). The summed E-state index contributed by atoms with van der Waals surface area (Å²) in [6.07, 6.45) is 2.58. The van der Waals surface area contributed by atoms with Gasteiger partial charge in [-0.05, 0) is 43.4 Å². The van der Waals surface area contributed by atoms with Gasteiger partial charge in [-0.15, -0.1) is 0 Å². The normalized spacial score (nSPS) is 26.9. The monoisotopic (exact) mass is 275 g/mol. The summed E-state index contributed by atoms with van der Waals surface area (Å²) in [5, 5.41) is 3.36. The van der Waals surface area contributed by atoms with Crippen molar-refractivity contribution < 1.29 is 4.74 Å². The van der Waals surface area contributed by atoms with Crippen molar-refractivity contribution in [1.29, 1.82) is 0 Å². The highest BCUT2D eigenvalue weighted by atomic mass is 16.5. The molecule has 1 aliphatic rings. The van der Waals surface area contributed by atoms with Gasteiger partial charge in [0.1, 0.15) is 0 Å². The summed E-state index contributed by atoms with van der Waals surface area (Å²) in [4.78, 5) is 0. The molecule has 0 aromatic heterocycles. The molecule has 2 atom stereocenters. The molecule has 0 spiro atoms. The molecule has 0 saturated carbocycles. The van der Waals surface area contributed by atoms with E-state index in [0.717, 1.165) is 26.0 Å². The smallest absolute Gasteiger partial charge is 0.0619 e. The minimum absolute atomic E-state index is 0.227. The van der Waals surface area contributed by atoms with E-state index >= 15 is 0 Å². The molecular weight excluding hydrogens is 246 g/mol. The number of benzene rings is 1. The molecule has 0 aliphatic carbocycles. The second kappa shape index (κ2) is 5.87. The van der Waals surface area contributed by atoms with Crippen LogP contribution in [0.2, 0.25) is 0 Å². The highest BCUT2D eigenvalue weighted by molar-refractivity contribution is 5.28. The van der Waals surface area contributed by atoms with Crippen LogP contribution in [-0.2, 0) is 16.6 Å². The quantitative estimate of drug-likeness (QED) is 0.907. The first-order valence-corrected chi connectivity index (χ1v) is 7.73. The van der Waals surface area contributed by atoms with Crippen LogP contribution in [0.5, 0.6) is 0 Å². The van der Waals surface area contributed by atoms with E-state index in [2.05, 4.69) is 57.3 Å². The Hall–Kier alpha value is -0.860. The third-order valence-corrected chi connectivity index (χ3v) is 4.74. The zero-order valence-electron chi connectivity index (χ0n) is 13.6. The van der Waals surface area contributed by atoms with Crippen molar-refractivity contribution in [3.05, 3.63) is 35.4 Å². The molecule has 1 aromatic carbocycles. The zero-order valence-corrected chi connectivity index (χ0v) is 13.6. The highest BCUT2D eigenvalue weighted by Gasteiger charge is 2.40. The summed E-state index contributed by atoms with van der Waals surface area (Å²) in [6, 6.07) is 9.15. The van der Waals surface area contributed by atoms with E-state index < -0.39 is 0 Å². The minimum atomic E-state index is 0.227. The van der Waals surface area contributed by atoms with E-state index in [1.807, 2.05) is 7.05 Å². The maximum Gasteiger partial charge on any atom is 0.0619 e. The molecule has 0 bridgehead atoms. The van der Waals surface area contributed by atoms with Crippen molar-refractivity contribution in [2.24, 2.45) is 5.41 Å². The molecule has 1 aromatic rings. The summed E-state index contributed by atoms with van der Waals surface area (Å²) >= 11 is 0. The first-order valence-electron chi connectivity index (χ1n) is 7.73. The van der Waals surface area contributed by atoms with Gasteiger partial charge in [0.05, 0.1) is 6.10 Å². The molecular formula is C18H29NO. The van der Waals surface area contributed by atoms with Gasteiger partial charge in [-0.25, -0.2) is 0 Å². The standard InChI is InChI=1S/C18H29NO/c1-14-18(13-19-5,10-11-20-14)12-15-6-8-16(9-7-15)17(2,3)4/h6-9,14,19H,10-13H2,1-5H3. The number of hydrogen-bond acceptors (Lipinski definition) is 2. The molecule has 1 aliphatic heterocycles. The Morgan fingerprint density at radius 3 is 2.35 bits per heavy atom. The van der Waals surface area contributed by atoms with Crippen LogP contribution in [0.4, 0.5) is 0 Å². The maximum atomic E-state index is 5.83. The van der Waals surface area contributed by atoms with Gasteiger partial charge in [0.15, 0.2) is 0 Å². The van der Waals surface area contributed by atoms with Gasteiger partial charge in [0.2, 0.25) is 0 Å². The Labute approximate surface area is 123 Å². The van der Waals surface area contributed by atoms with Crippen LogP contribution in [0.3, 0.4) is 0 Å². The first-order chi connectivity index (χ1) is 9.37. The van der Waals surface area contributed by atoms with Gasteiger partial charge < -0.3 is 10.1 Å². The molecule has 1 N–H and O–H groups in total. The van der Waals surface area contributed by atoms with Crippen molar-refractivity contribution in [3.8, 4) is 0 Å². The van der Waals surface area contributed by atoms with Crippen LogP contribution in [0.25, 0.3) is 0 Å². The average molecular weight is 275 g/mol. The molecule has 1 saturated heterocycles. The molecule has 0 radical (unpaired) electrons. The van der Waals surface area contributed by atoms with Gasteiger partial charge in [0.25, 0.3) is 0 Å². The van der Waals surface area contributed by atoms with E-state index in [0.29, 0.717) is 6.10 Å². The van der Waals surface area contributed by atoms with Crippen LogP contribution in [0, 0.1) is 5.41 Å². The molecule has 2 heteroatoms. The van der Waals surface area contributed by atoms with Gasteiger partial charge in [-0.3, -0.25) is 0 Å². The SMILES string of the molecule is CNCC1(Cc2ccc(C(C)(C)C)cc2)CCOC1C. The van der Waals surface area contributed by atoms with Crippen molar-refractivity contribution >= 4 is 0 Å². The minimum Gasteiger partial charge on any atom is -0.378 e. The lowest BCUT2D eigenvalue weighted by Gasteiger charge is -2.32. The summed E-state index contributed by atoms with van der Waals surface area (Å²) < 4.78 is 5.83. The van der Waals surface area contributed by atoms with Crippen molar-refractivity contribution in [1.82, 2.24) is 5.32 Å². The van der Waals surface area contributed by atoms with Crippen LogP contribution in [0.15, 0.2) is 24.3 Å². The van der Waals surface area contributed by atoms with E-state index in [-0.39, 0.29) is 10.8 Å². The summed E-state index contributed by atoms with van der Waals surface area (Å²) in [5.74, 6) is 0. The summed E-state index contributed by atoms with van der Waals surface area (Å²) in [7, 11) is 2.04. The van der Waals surface area contributed by atoms with Gasteiger partial charge in [0, 0.05) is 18.6 Å². The summed E-state index contributed by atoms with van der Waals surface area (Å²) in [6.45, 7) is 10.9. The van der Waals surface area contributed by atoms with Crippen LogP contribution >= 0.6 is 0 Å². The fourth-order valence-electron chi connectivity index (χ4n) is 3.23. The Bertz CT molecular complexity index is 432. The first kappa shape index (κ1) is 15.5. The molecule has 20 heavy (non-hydrogen) atoms. The Morgan fingerprint density at radius 2 is 1.90 bits per heavy atom. The van der Waals surface area contributed by atoms with E-state index in [9.17, 15) is 0 Å². The average Bonchev–Trinajstić information content (AvgIpc) is 2.71. The third-order valence-electron chi connectivity index (χ3n) is 4.74. The van der Waals surface area contributed by atoms with E-state index in [1.54, 1.807) is 0 Å². The van der Waals surface area contributed by atoms with Crippen LogP contribution in [-0.4, -0.2) is 26.3 Å². The lowest BCUT2D eigenvalue weighted by Crippen LogP contribution is -2.40. The lowest BCUT2D eigenvalue weighted by atomic mass is 9.75. The Morgan fingerprint density at radius 1 is 1.25 bits per heavy atom. The van der Waals surface area contributed by atoms with Crippen molar-refractivity contribution in [2.45, 2.75) is 52.1 Å². The van der Waals surface area contributed by atoms with Crippen LogP contribution < -0.4 is 5.32 Å². The fourth-order valence-corrected chi connectivity index (χ4v) is 3.23. The second-order valence-corrected chi connectivity index (χ2v) is 7.28. The molecule has 112 valence electrons. The predicted molar refractivity (Wildman–Crippen MR) is 85.2 cm³/mol.